The van der Waals surface area contributed by atoms with Gasteiger partial charge in [0.15, 0.2) is 0 Å². The number of nitro benzene ring substituents is 1. The Morgan fingerprint density at radius 3 is 2.50 bits per heavy atom. The van der Waals surface area contributed by atoms with Crippen LogP contribution in [0.1, 0.15) is 33.1 Å². The smallest absolute Gasteiger partial charge is 0.269 e. The van der Waals surface area contributed by atoms with Crippen molar-refractivity contribution in [2.45, 2.75) is 50.1 Å². The van der Waals surface area contributed by atoms with Gasteiger partial charge in [0, 0.05) is 19.2 Å². The lowest BCUT2D eigenvalue weighted by Crippen LogP contribution is -2.47. The number of unbranched alkanes of at least 4 members (excludes halogenated alkanes) is 1. The van der Waals surface area contributed by atoms with Gasteiger partial charge in [-0.25, -0.2) is 13.1 Å². The number of hydrazone groups is 1. The van der Waals surface area contributed by atoms with Gasteiger partial charge in [0.1, 0.15) is 0 Å². The molecule has 0 unspecified atom stereocenters. The van der Waals surface area contributed by atoms with Crippen LogP contribution in [-0.4, -0.2) is 43.2 Å². The maximum atomic E-state index is 12.6. The van der Waals surface area contributed by atoms with Gasteiger partial charge in [0.05, 0.1) is 27.6 Å². The molecule has 1 N–H and O–H groups in total. The van der Waals surface area contributed by atoms with Gasteiger partial charge < -0.3 is 0 Å². The van der Waals surface area contributed by atoms with E-state index < -0.39 is 21.0 Å². The summed E-state index contributed by atoms with van der Waals surface area (Å²) in [5.74, 6) is 0. The fourth-order valence-corrected chi connectivity index (χ4v) is 4.08. The van der Waals surface area contributed by atoms with Crippen molar-refractivity contribution < 1.29 is 13.3 Å². The first kappa shape index (κ1) is 18.3. The molecule has 0 fully saturated rings. The molecule has 24 heavy (non-hydrogen) atoms. The summed E-state index contributed by atoms with van der Waals surface area (Å²) in [4.78, 5) is 10.1. The highest BCUT2D eigenvalue weighted by Crippen LogP contribution is 2.22. The number of nitrogens with zero attached hydrogens (tertiary/aromatic N) is 3. The summed E-state index contributed by atoms with van der Waals surface area (Å²) in [6.07, 6.45) is 2.83. The second-order valence-electron chi connectivity index (χ2n) is 5.87. The Morgan fingerprint density at radius 2 is 1.96 bits per heavy atom. The summed E-state index contributed by atoms with van der Waals surface area (Å²) in [5, 5.41) is 16.8. The minimum Gasteiger partial charge on any atom is -0.295 e. The standard InChI is InChI=1S/C15H22N4O4S/c1-4-5-6-14-15(11(2)16-18(14)3)17-24(22,23)13-9-7-12(8-10-13)19(20)21/h7-10,14-15,17H,4-6H2,1-3H3/t14-,15+/m0/s1. The second-order valence-corrected chi connectivity index (χ2v) is 7.59. The van der Waals surface area contributed by atoms with E-state index in [1.54, 1.807) is 11.9 Å². The first-order chi connectivity index (χ1) is 11.3. The van der Waals surface area contributed by atoms with Crippen molar-refractivity contribution in [1.82, 2.24) is 9.73 Å². The summed E-state index contributed by atoms with van der Waals surface area (Å²) < 4.78 is 27.9. The van der Waals surface area contributed by atoms with Gasteiger partial charge in [-0.15, -0.1) is 0 Å². The highest BCUT2D eigenvalue weighted by atomic mass is 32.2. The third kappa shape index (κ3) is 3.90. The number of non-ortho nitro benzene ring substituents is 1. The molecule has 1 aliphatic rings. The van der Waals surface area contributed by atoms with Crippen LogP contribution in [0.25, 0.3) is 0 Å². The zero-order valence-electron chi connectivity index (χ0n) is 14.0. The van der Waals surface area contributed by atoms with Crippen molar-refractivity contribution in [3.8, 4) is 0 Å². The van der Waals surface area contributed by atoms with Crippen LogP contribution in [0.5, 0.6) is 0 Å². The van der Waals surface area contributed by atoms with E-state index in [0.29, 0.717) is 5.71 Å². The second kappa shape index (κ2) is 7.27. The molecule has 0 saturated carbocycles. The van der Waals surface area contributed by atoms with Crippen molar-refractivity contribution in [2.75, 3.05) is 7.05 Å². The minimum atomic E-state index is -3.78. The average molecular weight is 354 g/mol. The van der Waals surface area contributed by atoms with Gasteiger partial charge >= 0.3 is 0 Å². The Labute approximate surface area is 141 Å². The molecule has 0 aliphatic carbocycles. The summed E-state index contributed by atoms with van der Waals surface area (Å²) in [6, 6.07) is 4.43. The molecule has 0 amide bonds. The predicted molar refractivity (Wildman–Crippen MR) is 91.4 cm³/mol. The van der Waals surface area contributed by atoms with Crippen molar-refractivity contribution in [3.63, 3.8) is 0 Å². The first-order valence-electron chi connectivity index (χ1n) is 7.81. The highest BCUT2D eigenvalue weighted by molar-refractivity contribution is 7.89. The number of benzene rings is 1. The number of hydrogen-bond donors (Lipinski definition) is 1. The zero-order valence-corrected chi connectivity index (χ0v) is 14.8. The first-order valence-corrected chi connectivity index (χ1v) is 9.29. The van der Waals surface area contributed by atoms with Gasteiger partial charge in [-0.05, 0) is 25.5 Å². The Bertz CT molecular complexity index is 730. The largest absolute Gasteiger partial charge is 0.295 e. The van der Waals surface area contributed by atoms with Crippen LogP contribution in [0.15, 0.2) is 34.3 Å². The number of sulfonamides is 1. The Hall–Kier alpha value is -2.00. The van der Waals surface area contributed by atoms with E-state index in [4.69, 9.17) is 0 Å². The van der Waals surface area contributed by atoms with E-state index in [2.05, 4.69) is 16.7 Å². The maximum Gasteiger partial charge on any atom is 0.269 e. The van der Waals surface area contributed by atoms with Gasteiger partial charge in [0.2, 0.25) is 10.0 Å². The number of rotatable bonds is 7. The molecule has 1 aromatic rings. The van der Waals surface area contributed by atoms with Gasteiger partial charge in [-0.2, -0.15) is 5.10 Å². The van der Waals surface area contributed by atoms with Gasteiger partial charge in [-0.3, -0.25) is 15.1 Å². The van der Waals surface area contributed by atoms with E-state index >= 15 is 0 Å². The fraction of sp³-hybridized carbons (Fsp3) is 0.533. The molecule has 1 aliphatic heterocycles. The molecule has 9 heteroatoms. The van der Waals surface area contributed by atoms with Crippen molar-refractivity contribution in [1.29, 1.82) is 0 Å². The predicted octanol–water partition coefficient (Wildman–Crippen LogP) is 2.12. The normalized spacial score (nSPS) is 21.0. The van der Waals surface area contributed by atoms with E-state index in [9.17, 15) is 18.5 Å². The molecule has 0 spiro atoms. The van der Waals surface area contributed by atoms with E-state index in [0.717, 1.165) is 19.3 Å². The lowest BCUT2D eigenvalue weighted by molar-refractivity contribution is -0.384. The lowest BCUT2D eigenvalue weighted by Gasteiger charge is -2.25. The molecule has 132 valence electrons. The number of nitrogens with one attached hydrogen (secondary N) is 1. The molecular weight excluding hydrogens is 332 g/mol. The molecular formula is C15H22N4O4S. The lowest BCUT2D eigenvalue weighted by atomic mass is 10.0. The summed E-state index contributed by atoms with van der Waals surface area (Å²) in [7, 11) is -1.94. The van der Waals surface area contributed by atoms with E-state index in [-0.39, 0.29) is 16.6 Å². The minimum absolute atomic E-state index is 0.00435. The Balaban J connectivity index is 2.20. The van der Waals surface area contributed by atoms with Crippen LogP contribution >= 0.6 is 0 Å². The van der Waals surface area contributed by atoms with Crippen molar-refractivity contribution in [3.05, 3.63) is 34.4 Å². The third-order valence-corrected chi connectivity index (χ3v) is 5.58. The van der Waals surface area contributed by atoms with Crippen LogP contribution < -0.4 is 4.72 Å². The van der Waals surface area contributed by atoms with Crippen molar-refractivity contribution in [2.24, 2.45) is 5.10 Å². The molecule has 1 heterocycles. The van der Waals surface area contributed by atoms with E-state index in [1.807, 2.05) is 7.05 Å². The summed E-state index contributed by atoms with van der Waals surface area (Å²) in [6.45, 7) is 3.88. The van der Waals surface area contributed by atoms with Gasteiger partial charge in [-0.1, -0.05) is 19.8 Å². The number of likely N-dealkylation sites (N-methyl/N-ethyl adjacent to an activating group) is 1. The number of nitro groups is 1. The topological polar surface area (TPSA) is 105 Å². The quantitative estimate of drug-likeness (QED) is 0.596. The van der Waals surface area contributed by atoms with Crippen LogP contribution in [0, 0.1) is 10.1 Å². The maximum absolute atomic E-state index is 12.6. The van der Waals surface area contributed by atoms with Gasteiger partial charge in [0.25, 0.3) is 5.69 Å². The van der Waals surface area contributed by atoms with E-state index in [1.165, 1.54) is 24.3 Å². The fourth-order valence-electron chi connectivity index (χ4n) is 2.79. The van der Waals surface area contributed by atoms with Crippen LogP contribution in [0.4, 0.5) is 5.69 Å². The summed E-state index contributed by atoms with van der Waals surface area (Å²) >= 11 is 0. The van der Waals surface area contributed by atoms with Crippen molar-refractivity contribution >= 4 is 21.4 Å². The highest BCUT2D eigenvalue weighted by Gasteiger charge is 2.36. The molecule has 2 atom stereocenters. The summed E-state index contributed by atoms with van der Waals surface area (Å²) in [5.41, 5.74) is 0.567. The monoisotopic (exact) mass is 354 g/mol. The molecule has 0 radical (unpaired) electrons. The zero-order chi connectivity index (χ0) is 17.9. The van der Waals surface area contributed by atoms with Crippen LogP contribution in [0.2, 0.25) is 0 Å². The van der Waals surface area contributed by atoms with Crippen LogP contribution in [-0.2, 0) is 10.0 Å². The third-order valence-electron chi connectivity index (χ3n) is 4.12. The Morgan fingerprint density at radius 1 is 1.33 bits per heavy atom. The average Bonchev–Trinajstić information content (AvgIpc) is 2.78. The molecule has 0 aromatic heterocycles. The number of hydrogen-bond acceptors (Lipinski definition) is 6. The molecule has 8 nitrogen and oxygen atoms in total. The Kier molecular flexibility index (Phi) is 5.55. The van der Waals surface area contributed by atoms with Crippen LogP contribution in [0.3, 0.4) is 0 Å². The molecule has 0 saturated heterocycles. The molecule has 0 bridgehead atoms. The molecule has 1 aromatic carbocycles. The SMILES string of the molecule is CCCC[C@H]1[C@H](NS(=O)(=O)c2ccc([N+](=O)[O-])cc2)C(C)=NN1C. The molecule has 2 rings (SSSR count).